The number of aromatic nitrogens is 2. The van der Waals surface area contributed by atoms with Crippen molar-refractivity contribution in [2.24, 2.45) is 7.05 Å². The second-order valence-electron chi connectivity index (χ2n) is 7.26. The fourth-order valence-corrected chi connectivity index (χ4v) is 4.35. The van der Waals surface area contributed by atoms with Gasteiger partial charge in [0.05, 0.1) is 5.02 Å². The van der Waals surface area contributed by atoms with Crippen LogP contribution in [0.3, 0.4) is 0 Å². The van der Waals surface area contributed by atoms with E-state index in [0.717, 1.165) is 52.5 Å². The van der Waals surface area contributed by atoms with E-state index < -0.39 is 0 Å². The molecule has 1 aromatic carbocycles. The van der Waals surface area contributed by atoms with Crippen LogP contribution >= 0.6 is 11.6 Å². The molecule has 1 N–H and O–H groups in total. The van der Waals surface area contributed by atoms with Crippen LogP contribution in [0.4, 0.5) is 5.82 Å². The van der Waals surface area contributed by atoms with Crippen LogP contribution in [-0.2, 0) is 12.5 Å². The molecule has 3 heterocycles. The summed E-state index contributed by atoms with van der Waals surface area (Å²) in [7, 11) is 1.76. The third kappa shape index (κ3) is 2.22. The molecule has 0 amide bonds. The van der Waals surface area contributed by atoms with Crippen molar-refractivity contribution in [2.45, 2.75) is 18.3 Å². The fourth-order valence-electron chi connectivity index (χ4n) is 3.90. The van der Waals surface area contributed by atoms with Gasteiger partial charge < -0.3 is 9.88 Å². The first-order chi connectivity index (χ1) is 12.6. The smallest absolute Gasteiger partial charge is 0.258 e. The Morgan fingerprint density at radius 1 is 1.15 bits per heavy atom. The lowest BCUT2D eigenvalue weighted by Gasteiger charge is -2.13. The average Bonchev–Trinajstić information content (AvgIpc) is 3.33. The van der Waals surface area contributed by atoms with Crippen LogP contribution in [-0.4, -0.2) is 16.1 Å². The minimum atomic E-state index is -0.0102. The zero-order valence-corrected chi connectivity index (χ0v) is 15.2. The predicted octanol–water partition coefficient (Wildman–Crippen LogP) is 4.22. The van der Waals surface area contributed by atoms with E-state index in [1.54, 1.807) is 17.8 Å². The van der Waals surface area contributed by atoms with Crippen LogP contribution in [0.1, 0.15) is 18.4 Å². The minimum Gasteiger partial charge on any atom is -0.369 e. The van der Waals surface area contributed by atoms with E-state index >= 15 is 0 Å². The molecule has 130 valence electrons. The van der Waals surface area contributed by atoms with Gasteiger partial charge in [0.2, 0.25) is 0 Å². The van der Waals surface area contributed by atoms with Crippen molar-refractivity contribution in [1.82, 2.24) is 9.55 Å². The van der Waals surface area contributed by atoms with Gasteiger partial charge in [0, 0.05) is 48.1 Å². The maximum absolute atomic E-state index is 12.4. The van der Waals surface area contributed by atoms with Crippen molar-refractivity contribution >= 4 is 17.4 Å². The third-order valence-corrected chi connectivity index (χ3v) is 5.99. The van der Waals surface area contributed by atoms with Gasteiger partial charge in [0.15, 0.2) is 0 Å². The van der Waals surface area contributed by atoms with E-state index in [1.165, 1.54) is 0 Å². The van der Waals surface area contributed by atoms with Gasteiger partial charge in [-0.2, -0.15) is 0 Å². The highest BCUT2D eigenvalue weighted by Gasteiger charge is 2.51. The van der Waals surface area contributed by atoms with Crippen molar-refractivity contribution in [3.63, 3.8) is 0 Å². The molecule has 5 heteroatoms. The highest BCUT2D eigenvalue weighted by Crippen LogP contribution is 2.57. The molecule has 0 unspecified atom stereocenters. The van der Waals surface area contributed by atoms with E-state index in [0.29, 0.717) is 5.56 Å². The lowest BCUT2D eigenvalue weighted by Crippen LogP contribution is -2.17. The number of benzene rings is 1. The maximum atomic E-state index is 12.4. The highest BCUT2D eigenvalue weighted by molar-refractivity contribution is 6.34. The van der Waals surface area contributed by atoms with E-state index in [2.05, 4.69) is 10.3 Å². The lowest BCUT2D eigenvalue weighted by molar-refractivity contribution is 0.778. The molecule has 5 rings (SSSR count). The summed E-state index contributed by atoms with van der Waals surface area (Å²) in [6.07, 6.45) is 5.92. The van der Waals surface area contributed by atoms with E-state index in [4.69, 9.17) is 11.6 Å². The van der Waals surface area contributed by atoms with E-state index in [9.17, 15) is 4.79 Å². The summed E-state index contributed by atoms with van der Waals surface area (Å²) in [6, 6.07) is 11.7. The maximum Gasteiger partial charge on any atom is 0.258 e. The normalized spacial score (nSPS) is 16.4. The van der Waals surface area contributed by atoms with Crippen LogP contribution in [0, 0.1) is 0 Å². The SMILES string of the molecule is Cn1cccc(-c2cccc(-c3cnc4c(c3Cl)C3(CC3)CN4)c2)c1=O. The molecule has 4 nitrogen and oxygen atoms in total. The second kappa shape index (κ2) is 5.45. The summed E-state index contributed by atoms with van der Waals surface area (Å²) in [5, 5.41) is 4.17. The number of nitrogens with zero attached hydrogens (tertiary/aromatic N) is 2. The molecule has 0 saturated heterocycles. The van der Waals surface area contributed by atoms with Crippen molar-refractivity contribution in [1.29, 1.82) is 0 Å². The Hall–Kier alpha value is -2.59. The van der Waals surface area contributed by atoms with Gasteiger partial charge >= 0.3 is 0 Å². The van der Waals surface area contributed by atoms with Gasteiger partial charge in [-0.15, -0.1) is 0 Å². The highest BCUT2D eigenvalue weighted by atomic mass is 35.5. The summed E-state index contributed by atoms with van der Waals surface area (Å²) >= 11 is 6.82. The van der Waals surface area contributed by atoms with Gasteiger partial charge in [-0.05, 0) is 42.2 Å². The number of hydrogen-bond donors (Lipinski definition) is 1. The largest absolute Gasteiger partial charge is 0.369 e. The molecule has 2 aromatic heterocycles. The van der Waals surface area contributed by atoms with Gasteiger partial charge in [-0.3, -0.25) is 4.79 Å². The number of nitrogens with one attached hydrogen (secondary N) is 1. The van der Waals surface area contributed by atoms with Crippen LogP contribution < -0.4 is 10.9 Å². The van der Waals surface area contributed by atoms with Gasteiger partial charge in [-0.25, -0.2) is 4.98 Å². The quantitative estimate of drug-likeness (QED) is 0.741. The molecule has 3 aromatic rings. The number of halogens is 1. The molecule has 0 radical (unpaired) electrons. The second-order valence-corrected chi connectivity index (χ2v) is 7.64. The average molecular weight is 364 g/mol. The van der Waals surface area contributed by atoms with Crippen molar-refractivity contribution < 1.29 is 0 Å². The Morgan fingerprint density at radius 3 is 2.69 bits per heavy atom. The van der Waals surface area contributed by atoms with Gasteiger partial charge in [0.25, 0.3) is 5.56 Å². The number of pyridine rings is 2. The Kier molecular flexibility index (Phi) is 3.28. The summed E-state index contributed by atoms with van der Waals surface area (Å²) < 4.78 is 1.59. The lowest BCUT2D eigenvalue weighted by atomic mass is 9.95. The number of anilines is 1. The van der Waals surface area contributed by atoms with Gasteiger partial charge in [0.1, 0.15) is 5.82 Å². The molecule has 26 heavy (non-hydrogen) atoms. The first-order valence-corrected chi connectivity index (χ1v) is 9.16. The van der Waals surface area contributed by atoms with Crippen LogP contribution in [0.25, 0.3) is 22.3 Å². The molecule has 1 saturated carbocycles. The van der Waals surface area contributed by atoms with Crippen molar-refractivity contribution in [2.75, 3.05) is 11.9 Å². The van der Waals surface area contributed by atoms with Crippen LogP contribution in [0.15, 0.2) is 53.6 Å². The van der Waals surface area contributed by atoms with Crippen LogP contribution in [0.2, 0.25) is 5.02 Å². The third-order valence-electron chi connectivity index (χ3n) is 5.60. The molecule has 0 bridgehead atoms. The van der Waals surface area contributed by atoms with E-state index in [-0.39, 0.29) is 11.0 Å². The number of rotatable bonds is 2. The summed E-state index contributed by atoms with van der Waals surface area (Å²) in [6.45, 7) is 0.929. The Bertz CT molecular complexity index is 1100. The predicted molar refractivity (Wildman–Crippen MR) is 105 cm³/mol. The van der Waals surface area contributed by atoms with Crippen LogP contribution in [0.5, 0.6) is 0 Å². The first kappa shape index (κ1) is 15.6. The van der Waals surface area contributed by atoms with Gasteiger partial charge in [-0.1, -0.05) is 29.8 Å². The molecular weight excluding hydrogens is 346 g/mol. The Balaban J connectivity index is 1.65. The molecule has 2 aliphatic rings. The number of aryl methyl sites for hydroxylation is 1. The molecule has 1 aliphatic heterocycles. The molecule has 1 spiro atoms. The standard InChI is InChI=1S/C21H18ClN3O/c1-25-9-3-6-15(20(25)26)13-4-2-5-14(10-13)16-11-23-19-17(18(16)22)21(7-8-21)12-24-19/h2-6,9-11H,7-8,12H2,1H3,(H,23,24). The molecule has 1 fully saturated rings. The molecule has 1 aliphatic carbocycles. The number of fused-ring (bicyclic) bond motifs is 2. The first-order valence-electron chi connectivity index (χ1n) is 8.78. The Morgan fingerprint density at radius 2 is 1.92 bits per heavy atom. The van der Waals surface area contributed by atoms with E-state index in [1.807, 2.05) is 42.6 Å². The monoisotopic (exact) mass is 363 g/mol. The van der Waals surface area contributed by atoms with Crippen molar-refractivity contribution in [3.05, 3.63) is 69.7 Å². The topological polar surface area (TPSA) is 46.9 Å². The summed E-state index contributed by atoms with van der Waals surface area (Å²) in [5.74, 6) is 0.921. The minimum absolute atomic E-state index is 0.0102. The summed E-state index contributed by atoms with van der Waals surface area (Å²) in [4.78, 5) is 17.1. The Labute approximate surface area is 156 Å². The molecule has 0 atom stereocenters. The molecular formula is C21H18ClN3O. The zero-order chi connectivity index (χ0) is 17.9. The fraction of sp³-hybridized carbons (Fsp3) is 0.238. The van der Waals surface area contributed by atoms with Crippen molar-refractivity contribution in [3.8, 4) is 22.3 Å². The number of hydrogen-bond acceptors (Lipinski definition) is 3. The summed E-state index contributed by atoms with van der Waals surface area (Å²) in [5.41, 5.74) is 4.82. The zero-order valence-electron chi connectivity index (χ0n) is 14.4.